The lowest BCUT2D eigenvalue weighted by atomic mass is 10.2. The van der Waals surface area contributed by atoms with Crippen LogP contribution in [0.25, 0.3) is 0 Å². The van der Waals surface area contributed by atoms with E-state index >= 15 is 0 Å². The first-order chi connectivity index (χ1) is 8.03. The molecule has 0 aliphatic rings. The van der Waals surface area contributed by atoms with Gasteiger partial charge >= 0.3 is 15.5 Å². The zero-order valence-electron chi connectivity index (χ0n) is 8.25. The van der Waals surface area contributed by atoms with Crippen LogP contribution >= 0.6 is 31.9 Å². The number of carbonyl (C=O) groups excluding carboxylic acids is 1. The van der Waals surface area contributed by atoms with Gasteiger partial charge in [0.2, 0.25) is 0 Å². The van der Waals surface area contributed by atoms with Crippen molar-refractivity contribution in [3.05, 3.63) is 32.7 Å². The minimum absolute atomic E-state index is 0.232. The average molecular weight is 411 g/mol. The maximum Gasteiger partial charge on any atom is 0.516 e. The summed E-state index contributed by atoms with van der Waals surface area (Å²) in [7, 11) is -5.70. The van der Waals surface area contributed by atoms with Gasteiger partial charge in [0.1, 0.15) is 0 Å². The number of alkyl halides is 3. The fourth-order valence-electron chi connectivity index (χ4n) is 0.924. The molecule has 0 radical (unpaired) electrons. The number of rotatable bonds is 2. The van der Waals surface area contributed by atoms with Crippen molar-refractivity contribution in [3.8, 4) is 0 Å². The first-order valence-electron chi connectivity index (χ1n) is 4.12. The molecule has 0 fully saturated rings. The van der Waals surface area contributed by atoms with E-state index in [-0.39, 0.29) is 5.56 Å². The normalized spacial score (nSPS) is 12.3. The van der Waals surface area contributed by atoms with Crippen LogP contribution in [-0.2, 0) is 10.0 Å². The number of hydrogen-bond donors (Lipinski definition) is 1. The van der Waals surface area contributed by atoms with Crippen LogP contribution in [0.15, 0.2) is 27.1 Å². The Balaban J connectivity index is 3.04. The van der Waals surface area contributed by atoms with Gasteiger partial charge in [-0.15, -0.1) is 0 Å². The third kappa shape index (κ3) is 3.69. The van der Waals surface area contributed by atoms with Crippen LogP contribution in [0.5, 0.6) is 0 Å². The highest BCUT2D eigenvalue weighted by atomic mass is 79.9. The van der Waals surface area contributed by atoms with Gasteiger partial charge in [0.15, 0.2) is 0 Å². The monoisotopic (exact) mass is 409 g/mol. The summed E-state index contributed by atoms with van der Waals surface area (Å²) in [6.07, 6.45) is 0. The Morgan fingerprint density at radius 1 is 1.11 bits per heavy atom. The lowest BCUT2D eigenvalue weighted by Gasteiger charge is -2.09. The molecule has 0 aromatic heterocycles. The number of halogens is 5. The van der Waals surface area contributed by atoms with Crippen LogP contribution in [0, 0.1) is 0 Å². The third-order valence-corrected chi connectivity index (χ3v) is 3.64. The van der Waals surface area contributed by atoms with Gasteiger partial charge in [0.25, 0.3) is 5.91 Å². The highest BCUT2D eigenvalue weighted by molar-refractivity contribution is 9.11. The second-order valence-corrected chi connectivity index (χ2v) is 6.54. The molecule has 1 aromatic carbocycles. The Kier molecular flexibility index (Phi) is 4.44. The number of amides is 1. The van der Waals surface area contributed by atoms with Crippen molar-refractivity contribution in [1.29, 1.82) is 0 Å². The van der Waals surface area contributed by atoms with E-state index in [0.29, 0.717) is 8.95 Å². The van der Waals surface area contributed by atoms with Crippen molar-refractivity contribution in [3.63, 3.8) is 0 Å². The number of carbonyl (C=O) groups is 1. The van der Waals surface area contributed by atoms with Gasteiger partial charge in [-0.3, -0.25) is 4.79 Å². The average Bonchev–Trinajstić information content (AvgIpc) is 2.13. The molecule has 100 valence electrons. The predicted molar refractivity (Wildman–Crippen MR) is 64.3 cm³/mol. The molecule has 1 aromatic rings. The van der Waals surface area contributed by atoms with Gasteiger partial charge in [0.05, 0.1) is 0 Å². The molecule has 0 atom stereocenters. The number of nitrogens with one attached hydrogen (secondary N) is 1. The van der Waals surface area contributed by atoms with E-state index < -0.39 is 21.4 Å². The molecule has 0 aliphatic heterocycles. The van der Waals surface area contributed by atoms with Crippen LogP contribution in [0.4, 0.5) is 13.2 Å². The van der Waals surface area contributed by atoms with E-state index in [4.69, 9.17) is 0 Å². The minimum atomic E-state index is -5.70. The SMILES string of the molecule is O=C(NS(=O)(=O)C(F)(F)F)c1cc(Br)cc(Br)c1. The maximum atomic E-state index is 12.0. The summed E-state index contributed by atoms with van der Waals surface area (Å²) in [5.74, 6) is -1.37. The molecule has 0 saturated heterocycles. The largest absolute Gasteiger partial charge is 0.516 e. The summed E-state index contributed by atoms with van der Waals surface area (Å²) in [6.45, 7) is 0. The van der Waals surface area contributed by atoms with E-state index in [1.54, 1.807) is 0 Å². The zero-order valence-corrected chi connectivity index (χ0v) is 12.2. The topological polar surface area (TPSA) is 63.2 Å². The van der Waals surface area contributed by atoms with Gasteiger partial charge in [0, 0.05) is 14.5 Å². The fourth-order valence-corrected chi connectivity index (χ4v) is 2.70. The molecule has 0 saturated carbocycles. The Hall–Kier alpha value is -0.610. The van der Waals surface area contributed by atoms with E-state index in [1.165, 1.54) is 18.2 Å². The Morgan fingerprint density at radius 3 is 1.94 bits per heavy atom. The molecular weight excluding hydrogens is 407 g/mol. The van der Waals surface area contributed by atoms with Crippen molar-refractivity contribution in [2.75, 3.05) is 0 Å². The van der Waals surface area contributed by atoms with Gasteiger partial charge < -0.3 is 0 Å². The quantitative estimate of drug-likeness (QED) is 0.815. The summed E-state index contributed by atoms with van der Waals surface area (Å²) in [6, 6.07) is 3.91. The van der Waals surface area contributed by atoms with E-state index in [2.05, 4.69) is 31.9 Å². The van der Waals surface area contributed by atoms with Crippen molar-refractivity contribution in [2.24, 2.45) is 0 Å². The summed E-state index contributed by atoms with van der Waals surface area (Å²) in [5, 5.41) is 0. The van der Waals surface area contributed by atoms with E-state index in [9.17, 15) is 26.4 Å². The van der Waals surface area contributed by atoms with Crippen LogP contribution in [0.2, 0.25) is 0 Å². The highest BCUT2D eigenvalue weighted by Crippen LogP contribution is 2.23. The van der Waals surface area contributed by atoms with Crippen LogP contribution < -0.4 is 4.72 Å². The third-order valence-electron chi connectivity index (χ3n) is 1.66. The zero-order chi connectivity index (χ0) is 14.1. The van der Waals surface area contributed by atoms with Gasteiger partial charge in [-0.25, -0.2) is 4.72 Å². The molecule has 18 heavy (non-hydrogen) atoms. The second kappa shape index (κ2) is 5.17. The molecule has 4 nitrogen and oxygen atoms in total. The van der Waals surface area contributed by atoms with Gasteiger partial charge in [-0.2, -0.15) is 21.6 Å². The molecule has 1 N–H and O–H groups in total. The van der Waals surface area contributed by atoms with Crippen LogP contribution in [0.3, 0.4) is 0 Å². The standard InChI is InChI=1S/C8H4Br2F3NO3S/c9-5-1-4(2-6(10)3-5)7(15)14-18(16,17)8(11,12)13/h1-3H,(H,14,15). The summed E-state index contributed by atoms with van der Waals surface area (Å²) < 4.78 is 59.3. The van der Waals surface area contributed by atoms with Crippen LogP contribution in [-0.4, -0.2) is 19.8 Å². The van der Waals surface area contributed by atoms with Crippen molar-refractivity contribution < 1.29 is 26.4 Å². The fraction of sp³-hybridized carbons (Fsp3) is 0.125. The molecule has 1 amide bonds. The molecule has 0 heterocycles. The summed E-state index contributed by atoms with van der Waals surface area (Å²) in [4.78, 5) is 11.4. The molecule has 1 rings (SSSR count). The van der Waals surface area contributed by atoms with Crippen LogP contribution in [0.1, 0.15) is 10.4 Å². The number of sulfonamides is 1. The van der Waals surface area contributed by atoms with Gasteiger partial charge in [-0.1, -0.05) is 31.9 Å². The van der Waals surface area contributed by atoms with Crippen molar-refractivity contribution in [2.45, 2.75) is 5.51 Å². The minimum Gasteiger partial charge on any atom is -0.268 e. The van der Waals surface area contributed by atoms with E-state index in [0.717, 1.165) is 4.72 Å². The lowest BCUT2D eigenvalue weighted by molar-refractivity contribution is -0.0446. The Labute approximate surface area is 117 Å². The van der Waals surface area contributed by atoms with E-state index in [1.807, 2.05) is 0 Å². The highest BCUT2D eigenvalue weighted by Gasteiger charge is 2.47. The molecule has 10 heteroatoms. The molecule has 0 aliphatic carbocycles. The molecule has 0 spiro atoms. The lowest BCUT2D eigenvalue weighted by Crippen LogP contribution is -2.40. The molecule has 0 bridgehead atoms. The molecule has 0 unspecified atom stereocenters. The maximum absolute atomic E-state index is 12.0. The smallest absolute Gasteiger partial charge is 0.268 e. The Bertz CT molecular complexity index is 565. The second-order valence-electron chi connectivity index (χ2n) is 3.04. The predicted octanol–water partition coefficient (Wildman–Crippen LogP) is 2.79. The first-order valence-corrected chi connectivity index (χ1v) is 7.19. The number of benzene rings is 1. The summed E-state index contributed by atoms with van der Waals surface area (Å²) in [5.41, 5.74) is -5.77. The van der Waals surface area contributed by atoms with Gasteiger partial charge in [-0.05, 0) is 18.2 Å². The summed E-state index contributed by atoms with van der Waals surface area (Å²) >= 11 is 6.04. The molecular formula is C8H4Br2F3NO3S. The first kappa shape index (κ1) is 15.4. The van der Waals surface area contributed by atoms with Crippen molar-refractivity contribution in [1.82, 2.24) is 4.72 Å². The van der Waals surface area contributed by atoms with Crippen molar-refractivity contribution >= 4 is 47.8 Å². The number of hydrogen-bond acceptors (Lipinski definition) is 3. The Morgan fingerprint density at radius 2 is 1.56 bits per heavy atom.